The highest BCUT2D eigenvalue weighted by molar-refractivity contribution is 6.08. The van der Waals surface area contributed by atoms with Gasteiger partial charge in [0.05, 0.1) is 33.4 Å². The standard InChI is InChI=1S/C29H29N3O2.C28H27N3O2/c1-20(30-18-22(33)19-34-28-16-8-10-21-9-2-3-11-23(21)28)17-31-29-24-12-4-6-14-26(24)32-27-15-7-5-13-25(27)29;32-21(19-33-27-15-7-9-20-8-1-2-10-22(20)27)18-29-16-17-30-28-23-11-3-5-13-25(23)31-26-14-6-4-12-24(26)28/h2-16,20,22,30,33H,17-19H2,1H3,(H,31,32);1-15,21,29,32H,16-19H2,(H,30,31). The number of aromatic nitrogens is 2. The number of pyridine rings is 2. The molecule has 0 spiro atoms. The lowest BCUT2D eigenvalue weighted by Crippen LogP contribution is -2.39. The molecule has 0 saturated carbocycles. The zero-order valence-corrected chi connectivity index (χ0v) is 37.6. The van der Waals surface area contributed by atoms with Gasteiger partial charge in [-0.3, -0.25) is 0 Å². The summed E-state index contributed by atoms with van der Waals surface area (Å²) in [7, 11) is 0. The Kier molecular flexibility index (Phi) is 14.6. The van der Waals surface area contributed by atoms with Gasteiger partial charge in [-0.05, 0) is 54.1 Å². The molecule has 6 N–H and O–H groups in total. The topological polar surface area (TPSA) is 133 Å². The monoisotopic (exact) mass is 888 g/mol. The number of anilines is 2. The normalized spacial score (nSPS) is 12.8. The molecular weight excluding hydrogens is 833 g/mol. The second kappa shape index (κ2) is 21.8. The van der Waals surface area contributed by atoms with Gasteiger partial charge in [-0.1, -0.05) is 146 Å². The molecule has 2 aromatic heterocycles. The largest absolute Gasteiger partial charge is 0.490 e. The van der Waals surface area contributed by atoms with Crippen LogP contribution in [0.15, 0.2) is 182 Å². The molecule has 8 aromatic carbocycles. The average Bonchev–Trinajstić information content (AvgIpc) is 3.37. The number of benzene rings is 8. The van der Waals surface area contributed by atoms with Gasteiger partial charge in [0.2, 0.25) is 0 Å². The Morgan fingerprint density at radius 1 is 0.418 bits per heavy atom. The molecule has 0 aliphatic heterocycles. The van der Waals surface area contributed by atoms with Crippen molar-refractivity contribution in [2.75, 3.05) is 56.6 Å². The van der Waals surface area contributed by atoms with Crippen LogP contribution in [0.1, 0.15) is 6.92 Å². The zero-order chi connectivity index (χ0) is 45.8. The van der Waals surface area contributed by atoms with Gasteiger partial charge in [0, 0.05) is 71.1 Å². The Balaban J connectivity index is 0.000000168. The summed E-state index contributed by atoms with van der Waals surface area (Å²) in [5.41, 5.74) is 6.10. The lowest BCUT2D eigenvalue weighted by atomic mass is 10.1. The van der Waals surface area contributed by atoms with Gasteiger partial charge in [-0.2, -0.15) is 0 Å². The maximum atomic E-state index is 10.5. The minimum atomic E-state index is -0.607. The first-order valence-corrected chi connectivity index (χ1v) is 23.0. The van der Waals surface area contributed by atoms with Crippen molar-refractivity contribution in [3.63, 3.8) is 0 Å². The van der Waals surface area contributed by atoms with Gasteiger partial charge >= 0.3 is 0 Å². The number of nitrogens with one attached hydrogen (secondary N) is 4. The molecule has 2 heterocycles. The van der Waals surface area contributed by atoms with Crippen molar-refractivity contribution in [2.24, 2.45) is 0 Å². The molecule has 0 aliphatic rings. The Morgan fingerprint density at radius 3 is 1.28 bits per heavy atom. The summed E-state index contributed by atoms with van der Waals surface area (Å²) in [6.07, 6.45) is -1.20. The third-order valence-electron chi connectivity index (χ3n) is 11.8. The molecule has 338 valence electrons. The molecule has 10 rings (SSSR count). The Labute approximate surface area is 390 Å². The molecule has 10 nitrogen and oxygen atoms in total. The van der Waals surface area contributed by atoms with Crippen LogP contribution in [0, 0.1) is 0 Å². The molecule has 0 fully saturated rings. The van der Waals surface area contributed by atoms with Crippen molar-refractivity contribution in [3.05, 3.63) is 182 Å². The van der Waals surface area contributed by atoms with E-state index in [0.717, 1.165) is 108 Å². The van der Waals surface area contributed by atoms with Gasteiger partial charge in [0.1, 0.15) is 36.9 Å². The van der Waals surface area contributed by atoms with Crippen molar-refractivity contribution in [2.45, 2.75) is 25.2 Å². The van der Waals surface area contributed by atoms with E-state index in [4.69, 9.17) is 19.4 Å². The number of para-hydroxylation sites is 4. The smallest absolute Gasteiger partial charge is 0.127 e. The lowest BCUT2D eigenvalue weighted by molar-refractivity contribution is 0.105. The summed E-state index contributed by atoms with van der Waals surface area (Å²) in [5.74, 6) is 1.59. The molecule has 0 aliphatic carbocycles. The lowest BCUT2D eigenvalue weighted by Gasteiger charge is -2.20. The number of rotatable bonds is 18. The molecule has 0 bridgehead atoms. The van der Waals surface area contributed by atoms with Gasteiger partial charge in [-0.15, -0.1) is 0 Å². The molecule has 10 aromatic rings. The number of aliphatic hydroxyl groups is 2. The minimum Gasteiger partial charge on any atom is -0.490 e. The van der Waals surface area contributed by atoms with E-state index in [2.05, 4.69) is 76.7 Å². The van der Waals surface area contributed by atoms with E-state index >= 15 is 0 Å². The number of hydrogen-bond acceptors (Lipinski definition) is 10. The first-order valence-electron chi connectivity index (χ1n) is 23.0. The summed E-state index contributed by atoms with van der Waals surface area (Å²) in [5, 5.41) is 43.6. The summed E-state index contributed by atoms with van der Waals surface area (Å²) >= 11 is 0. The van der Waals surface area contributed by atoms with Gasteiger partial charge < -0.3 is 41.0 Å². The van der Waals surface area contributed by atoms with Crippen LogP contribution < -0.4 is 30.7 Å². The van der Waals surface area contributed by atoms with Crippen LogP contribution in [0.25, 0.3) is 65.2 Å². The first-order chi connectivity index (χ1) is 33.0. The van der Waals surface area contributed by atoms with Crippen molar-refractivity contribution in [3.8, 4) is 11.5 Å². The van der Waals surface area contributed by atoms with Crippen LogP contribution in [0.2, 0.25) is 0 Å². The Bertz CT molecular complexity index is 3120. The van der Waals surface area contributed by atoms with Crippen LogP contribution >= 0.6 is 0 Å². The zero-order valence-electron chi connectivity index (χ0n) is 37.6. The van der Waals surface area contributed by atoms with E-state index < -0.39 is 12.2 Å². The van der Waals surface area contributed by atoms with E-state index in [1.165, 1.54) is 0 Å². The molecule has 0 amide bonds. The van der Waals surface area contributed by atoms with Gasteiger partial charge in [0.15, 0.2) is 0 Å². The highest BCUT2D eigenvalue weighted by Crippen LogP contribution is 2.32. The summed E-state index contributed by atoms with van der Waals surface area (Å²) in [4.78, 5) is 9.55. The van der Waals surface area contributed by atoms with Crippen LogP contribution in [-0.4, -0.2) is 84.4 Å². The van der Waals surface area contributed by atoms with E-state index in [-0.39, 0.29) is 19.3 Å². The summed E-state index contributed by atoms with van der Waals surface area (Å²) in [6.45, 7) is 5.67. The summed E-state index contributed by atoms with van der Waals surface area (Å²) < 4.78 is 11.8. The van der Waals surface area contributed by atoms with Crippen LogP contribution in [0.5, 0.6) is 11.5 Å². The quantitative estimate of drug-likeness (QED) is 0.0366. The fraction of sp³-hybridized carbons (Fsp3) is 0.193. The Hall–Kier alpha value is -7.34. The van der Waals surface area contributed by atoms with E-state index in [9.17, 15) is 10.2 Å². The van der Waals surface area contributed by atoms with Crippen LogP contribution in [0.4, 0.5) is 11.4 Å². The van der Waals surface area contributed by atoms with E-state index in [0.29, 0.717) is 13.1 Å². The van der Waals surface area contributed by atoms with Gasteiger partial charge in [0.25, 0.3) is 0 Å². The predicted octanol–water partition coefficient (Wildman–Crippen LogP) is 10.4. The number of hydrogen-bond donors (Lipinski definition) is 6. The third kappa shape index (κ3) is 11.0. The number of ether oxygens (including phenoxy) is 2. The molecule has 0 radical (unpaired) electrons. The Morgan fingerprint density at radius 2 is 0.806 bits per heavy atom. The maximum Gasteiger partial charge on any atom is 0.127 e. The summed E-state index contributed by atoms with van der Waals surface area (Å²) in [6, 6.07) is 61.1. The van der Waals surface area contributed by atoms with Crippen molar-refractivity contribution >= 4 is 76.5 Å². The number of aliphatic hydroxyl groups excluding tert-OH is 2. The molecule has 0 saturated heterocycles. The molecular formula is C57H56N6O4. The minimum absolute atomic E-state index is 0.151. The average molecular weight is 889 g/mol. The molecule has 10 heteroatoms. The van der Waals surface area contributed by atoms with E-state index in [1.54, 1.807) is 0 Å². The first kappa shape index (κ1) is 44.8. The van der Waals surface area contributed by atoms with Crippen LogP contribution in [0.3, 0.4) is 0 Å². The third-order valence-corrected chi connectivity index (χ3v) is 11.8. The van der Waals surface area contributed by atoms with Crippen molar-refractivity contribution < 1.29 is 19.7 Å². The highest BCUT2D eigenvalue weighted by atomic mass is 16.5. The second-order valence-corrected chi connectivity index (χ2v) is 16.7. The van der Waals surface area contributed by atoms with E-state index in [1.807, 2.05) is 133 Å². The van der Waals surface area contributed by atoms with Crippen LogP contribution in [-0.2, 0) is 0 Å². The fourth-order valence-corrected chi connectivity index (χ4v) is 8.40. The predicted molar refractivity (Wildman–Crippen MR) is 277 cm³/mol. The molecule has 3 unspecified atom stereocenters. The van der Waals surface area contributed by atoms with Gasteiger partial charge in [-0.25, -0.2) is 9.97 Å². The second-order valence-electron chi connectivity index (χ2n) is 16.7. The molecule has 67 heavy (non-hydrogen) atoms. The molecule has 3 atom stereocenters. The number of nitrogens with zero attached hydrogens (tertiary/aromatic N) is 2. The SMILES string of the molecule is CC(CNc1c2ccccc2nc2ccccc12)NCC(O)COc1cccc2ccccc12.OC(CNCCNc1c2ccccc2nc2ccccc12)COc1cccc2ccccc12. The van der Waals surface area contributed by atoms with Crippen molar-refractivity contribution in [1.29, 1.82) is 0 Å². The van der Waals surface area contributed by atoms with Crippen molar-refractivity contribution in [1.82, 2.24) is 20.6 Å². The number of fused-ring (bicyclic) bond motifs is 6. The highest BCUT2D eigenvalue weighted by Gasteiger charge is 2.14. The maximum absolute atomic E-state index is 10.5. The fourth-order valence-electron chi connectivity index (χ4n) is 8.40.